The summed E-state index contributed by atoms with van der Waals surface area (Å²) in [5.74, 6) is -0.196. The van der Waals surface area contributed by atoms with Crippen LogP contribution in [-0.2, 0) is 13.6 Å². The van der Waals surface area contributed by atoms with Crippen LogP contribution in [0.5, 0.6) is 0 Å². The highest BCUT2D eigenvalue weighted by Crippen LogP contribution is 2.16. The monoisotopic (exact) mass is 313 g/mol. The summed E-state index contributed by atoms with van der Waals surface area (Å²) in [7, 11) is 3.30. The van der Waals surface area contributed by atoms with E-state index in [-0.39, 0.29) is 11.5 Å². The first-order chi connectivity index (χ1) is 10.6. The van der Waals surface area contributed by atoms with Crippen molar-refractivity contribution >= 4 is 28.0 Å². The third kappa shape index (κ3) is 2.53. The summed E-state index contributed by atoms with van der Waals surface area (Å²) in [5.41, 5.74) is 1.18. The topological polar surface area (TPSA) is 55.2 Å². The number of aryl methyl sites for hydroxylation is 1. The molecule has 0 N–H and O–H groups in total. The summed E-state index contributed by atoms with van der Waals surface area (Å²) in [6.45, 7) is 0.515. The van der Waals surface area contributed by atoms with Crippen molar-refractivity contribution in [1.82, 2.24) is 14.7 Å². The maximum absolute atomic E-state index is 12.7. The zero-order chi connectivity index (χ0) is 15.7. The Kier molecular flexibility index (Phi) is 3.77. The number of carbonyl (C=O) groups excluding carboxylic acids is 1. The van der Waals surface area contributed by atoms with Crippen LogP contribution in [0.2, 0.25) is 0 Å². The van der Waals surface area contributed by atoms with Crippen molar-refractivity contribution in [3.63, 3.8) is 0 Å². The Morgan fingerprint density at radius 2 is 2.00 bits per heavy atom. The fourth-order valence-electron chi connectivity index (χ4n) is 2.37. The molecule has 1 amide bonds. The van der Waals surface area contributed by atoms with Crippen LogP contribution in [0, 0.1) is 0 Å². The van der Waals surface area contributed by atoms with E-state index < -0.39 is 0 Å². The fourth-order valence-corrected chi connectivity index (χ4v) is 3.03. The molecule has 0 fully saturated rings. The largest absolute Gasteiger partial charge is 0.336 e. The van der Waals surface area contributed by atoms with Gasteiger partial charge < -0.3 is 4.90 Å². The van der Waals surface area contributed by atoms with Gasteiger partial charge in [-0.2, -0.15) is 16.4 Å². The van der Waals surface area contributed by atoms with Crippen molar-refractivity contribution in [3.05, 3.63) is 62.7 Å². The zero-order valence-electron chi connectivity index (χ0n) is 12.3. The summed E-state index contributed by atoms with van der Waals surface area (Å²) in [6.07, 6.45) is 0. The Morgan fingerprint density at radius 3 is 2.68 bits per heavy atom. The van der Waals surface area contributed by atoms with Gasteiger partial charge in [0.25, 0.3) is 11.5 Å². The van der Waals surface area contributed by atoms with Crippen molar-refractivity contribution in [2.45, 2.75) is 6.54 Å². The van der Waals surface area contributed by atoms with E-state index in [4.69, 9.17) is 0 Å². The van der Waals surface area contributed by atoms with Gasteiger partial charge in [0.15, 0.2) is 5.69 Å². The van der Waals surface area contributed by atoms with E-state index in [1.807, 2.05) is 16.8 Å². The molecule has 22 heavy (non-hydrogen) atoms. The Hall–Kier alpha value is -2.47. The molecule has 0 spiro atoms. The molecule has 5 nitrogen and oxygen atoms in total. The molecule has 0 saturated heterocycles. The van der Waals surface area contributed by atoms with E-state index in [0.717, 1.165) is 5.56 Å². The van der Waals surface area contributed by atoms with Gasteiger partial charge >= 0.3 is 0 Å². The highest BCUT2D eigenvalue weighted by Gasteiger charge is 2.19. The summed E-state index contributed by atoms with van der Waals surface area (Å²) < 4.78 is 1.22. The molecule has 0 saturated carbocycles. The van der Waals surface area contributed by atoms with Crippen LogP contribution in [0.25, 0.3) is 10.8 Å². The molecule has 3 aromatic rings. The van der Waals surface area contributed by atoms with Crippen molar-refractivity contribution < 1.29 is 4.79 Å². The van der Waals surface area contributed by atoms with Gasteiger partial charge in [0.05, 0.1) is 5.39 Å². The number of hydrogen-bond acceptors (Lipinski definition) is 4. The Bertz CT molecular complexity index is 884. The minimum absolute atomic E-state index is 0.196. The third-order valence-corrected chi connectivity index (χ3v) is 4.24. The van der Waals surface area contributed by atoms with Crippen LogP contribution >= 0.6 is 11.3 Å². The molecule has 0 unspecified atom stereocenters. The minimum atomic E-state index is -0.201. The quantitative estimate of drug-likeness (QED) is 0.745. The first-order valence-corrected chi connectivity index (χ1v) is 7.75. The SMILES string of the molecule is CN(Cc1ccsc1)C(=O)c1nn(C)c(=O)c2ccccc12. The summed E-state index contributed by atoms with van der Waals surface area (Å²) in [5, 5.41) is 9.25. The Labute approximate surface area is 131 Å². The predicted octanol–water partition coefficient (Wildman–Crippen LogP) is 2.27. The van der Waals surface area contributed by atoms with E-state index in [2.05, 4.69) is 5.10 Å². The molecule has 6 heteroatoms. The second-order valence-electron chi connectivity index (χ2n) is 5.12. The highest BCUT2D eigenvalue weighted by atomic mass is 32.1. The lowest BCUT2D eigenvalue weighted by Crippen LogP contribution is -2.30. The lowest BCUT2D eigenvalue weighted by molar-refractivity contribution is 0.0779. The van der Waals surface area contributed by atoms with Crippen LogP contribution < -0.4 is 5.56 Å². The number of thiophene rings is 1. The summed E-state index contributed by atoms with van der Waals surface area (Å²) in [4.78, 5) is 26.4. The van der Waals surface area contributed by atoms with Crippen LogP contribution in [-0.4, -0.2) is 27.6 Å². The smallest absolute Gasteiger partial charge is 0.274 e. The molecule has 0 bridgehead atoms. The molecular formula is C16H15N3O2S. The van der Waals surface area contributed by atoms with E-state index in [1.165, 1.54) is 4.68 Å². The highest BCUT2D eigenvalue weighted by molar-refractivity contribution is 7.07. The van der Waals surface area contributed by atoms with Gasteiger partial charge in [-0.15, -0.1) is 0 Å². The van der Waals surface area contributed by atoms with Gasteiger partial charge in [-0.3, -0.25) is 9.59 Å². The lowest BCUT2D eigenvalue weighted by Gasteiger charge is -2.17. The second-order valence-corrected chi connectivity index (χ2v) is 5.90. The third-order valence-electron chi connectivity index (χ3n) is 3.51. The number of carbonyl (C=O) groups is 1. The van der Waals surface area contributed by atoms with Gasteiger partial charge in [0.2, 0.25) is 0 Å². The van der Waals surface area contributed by atoms with Crippen molar-refractivity contribution in [3.8, 4) is 0 Å². The number of fused-ring (bicyclic) bond motifs is 1. The molecule has 0 aliphatic heterocycles. The first kappa shape index (κ1) is 14.5. The molecule has 0 radical (unpaired) electrons. The molecule has 2 aromatic heterocycles. The summed E-state index contributed by atoms with van der Waals surface area (Å²) >= 11 is 1.60. The second kappa shape index (κ2) is 5.73. The fraction of sp³-hybridized carbons (Fsp3) is 0.188. The number of nitrogens with zero attached hydrogens (tertiary/aromatic N) is 3. The average molecular weight is 313 g/mol. The van der Waals surface area contributed by atoms with E-state index in [0.29, 0.717) is 23.0 Å². The lowest BCUT2D eigenvalue weighted by atomic mass is 10.1. The number of rotatable bonds is 3. The summed E-state index contributed by atoms with van der Waals surface area (Å²) in [6, 6.07) is 9.05. The normalized spacial score (nSPS) is 10.8. The van der Waals surface area contributed by atoms with E-state index in [1.54, 1.807) is 54.6 Å². The van der Waals surface area contributed by atoms with E-state index in [9.17, 15) is 9.59 Å². The molecular weight excluding hydrogens is 298 g/mol. The molecule has 3 rings (SSSR count). The van der Waals surface area contributed by atoms with Gasteiger partial charge in [-0.1, -0.05) is 18.2 Å². The van der Waals surface area contributed by atoms with Crippen molar-refractivity contribution in [2.24, 2.45) is 7.05 Å². The van der Waals surface area contributed by atoms with Crippen molar-refractivity contribution in [2.75, 3.05) is 7.05 Å². The predicted molar refractivity (Wildman–Crippen MR) is 87.1 cm³/mol. The number of hydrogen-bond donors (Lipinski definition) is 0. The van der Waals surface area contributed by atoms with Gasteiger partial charge in [-0.25, -0.2) is 4.68 Å². The molecule has 0 aliphatic rings. The van der Waals surface area contributed by atoms with Crippen LogP contribution in [0.1, 0.15) is 16.1 Å². The maximum Gasteiger partial charge on any atom is 0.274 e. The van der Waals surface area contributed by atoms with Crippen LogP contribution in [0.15, 0.2) is 45.9 Å². The van der Waals surface area contributed by atoms with Gasteiger partial charge in [-0.05, 0) is 28.5 Å². The Balaban J connectivity index is 2.04. The average Bonchev–Trinajstić information content (AvgIpc) is 3.03. The zero-order valence-corrected chi connectivity index (χ0v) is 13.1. The van der Waals surface area contributed by atoms with Crippen LogP contribution in [0.4, 0.5) is 0 Å². The molecule has 1 aromatic carbocycles. The van der Waals surface area contributed by atoms with E-state index >= 15 is 0 Å². The molecule has 0 aliphatic carbocycles. The standard InChI is InChI=1S/C16H15N3O2S/c1-18(9-11-7-8-22-10-11)16(21)14-12-5-3-4-6-13(12)15(20)19(2)17-14/h3-8,10H,9H2,1-2H3. The maximum atomic E-state index is 12.7. The van der Waals surface area contributed by atoms with Gasteiger partial charge in [0.1, 0.15) is 0 Å². The van der Waals surface area contributed by atoms with Gasteiger partial charge in [0, 0.05) is 26.0 Å². The number of aromatic nitrogens is 2. The molecule has 112 valence electrons. The number of amides is 1. The molecule has 2 heterocycles. The van der Waals surface area contributed by atoms with Crippen molar-refractivity contribution in [1.29, 1.82) is 0 Å². The first-order valence-electron chi connectivity index (χ1n) is 6.80. The minimum Gasteiger partial charge on any atom is -0.336 e. The molecule has 0 atom stereocenters. The van der Waals surface area contributed by atoms with Crippen LogP contribution in [0.3, 0.4) is 0 Å². The Morgan fingerprint density at radius 1 is 1.27 bits per heavy atom. The number of benzene rings is 1.